The third kappa shape index (κ3) is 1.32. The molecule has 0 amide bonds. The monoisotopic (exact) mass is 139 g/mol. The predicted molar refractivity (Wildman–Crippen MR) is 32.0 cm³/mol. The van der Waals surface area contributed by atoms with Crippen LogP contribution in [0.5, 0.6) is 0 Å². The first-order valence-corrected chi connectivity index (χ1v) is 2.19. The molecule has 0 aromatic carbocycles. The maximum atomic E-state index is 5.45. The standard InChI is InChI=1S/C4H9NO2.ClH/c1-6-4(5)2-7-3-4;/h2-3,5H2,1H3;1H. The van der Waals surface area contributed by atoms with Gasteiger partial charge in [-0.1, -0.05) is 0 Å². The zero-order chi connectivity index (χ0) is 5.33. The summed E-state index contributed by atoms with van der Waals surface area (Å²) in [6.45, 7) is 1.06. The SMILES string of the molecule is COC1(N)COC1.Cl. The fourth-order valence-electron chi connectivity index (χ4n) is 0.421. The van der Waals surface area contributed by atoms with Crippen molar-refractivity contribution in [1.29, 1.82) is 0 Å². The smallest absolute Gasteiger partial charge is 0.163 e. The Labute approximate surface area is 54.5 Å². The van der Waals surface area contributed by atoms with Crippen LogP contribution >= 0.6 is 12.4 Å². The number of hydrogen-bond acceptors (Lipinski definition) is 3. The predicted octanol–water partition coefficient (Wildman–Crippen LogP) is -0.260. The first-order chi connectivity index (χ1) is 3.27. The summed E-state index contributed by atoms with van der Waals surface area (Å²) in [6.07, 6.45) is 0. The topological polar surface area (TPSA) is 44.5 Å². The van der Waals surface area contributed by atoms with Crippen LogP contribution in [0, 0.1) is 0 Å². The Morgan fingerprint density at radius 2 is 2.12 bits per heavy atom. The second-order valence-electron chi connectivity index (χ2n) is 1.76. The largest absolute Gasteiger partial charge is 0.372 e. The molecule has 1 aliphatic heterocycles. The van der Waals surface area contributed by atoms with E-state index in [9.17, 15) is 0 Å². The lowest BCUT2D eigenvalue weighted by molar-refractivity contribution is -0.191. The van der Waals surface area contributed by atoms with Gasteiger partial charge in [0.2, 0.25) is 0 Å². The molecule has 0 aromatic rings. The molecule has 0 saturated carbocycles. The van der Waals surface area contributed by atoms with Crippen molar-refractivity contribution in [2.45, 2.75) is 5.72 Å². The molecule has 0 aromatic heterocycles. The first-order valence-electron chi connectivity index (χ1n) is 2.19. The van der Waals surface area contributed by atoms with Gasteiger partial charge >= 0.3 is 0 Å². The van der Waals surface area contributed by atoms with Gasteiger partial charge in [-0.25, -0.2) is 0 Å². The molecule has 1 saturated heterocycles. The molecule has 1 fully saturated rings. The Hall–Kier alpha value is 0.170. The summed E-state index contributed by atoms with van der Waals surface area (Å²) in [4.78, 5) is 0. The van der Waals surface area contributed by atoms with Crippen LogP contribution in [-0.4, -0.2) is 26.0 Å². The molecule has 0 radical (unpaired) electrons. The molecule has 1 rings (SSSR count). The van der Waals surface area contributed by atoms with Gasteiger partial charge in [-0.15, -0.1) is 12.4 Å². The maximum absolute atomic E-state index is 5.45. The van der Waals surface area contributed by atoms with E-state index >= 15 is 0 Å². The number of rotatable bonds is 1. The van der Waals surface area contributed by atoms with Gasteiger partial charge in [0.05, 0.1) is 13.2 Å². The van der Waals surface area contributed by atoms with Crippen LogP contribution in [0.15, 0.2) is 0 Å². The minimum absolute atomic E-state index is 0. The van der Waals surface area contributed by atoms with Crippen molar-refractivity contribution in [2.75, 3.05) is 20.3 Å². The Kier molecular flexibility index (Phi) is 2.70. The Morgan fingerprint density at radius 3 is 2.12 bits per heavy atom. The normalized spacial score (nSPS) is 23.2. The highest BCUT2D eigenvalue weighted by molar-refractivity contribution is 5.85. The van der Waals surface area contributed by atoms with E-state index < -0.39 is 5.72 Å². The number of hydrogen-bond donors (Lipinski definition) is 1. The molecule has 0 aliphatic carbocycles. The van der Waals surface area contributed by atoms with E-state index in [0.717, 1.165) is 0 Å². The molecule has 0 atom stereocenters. The van der Waals surface area contributed by atoms with Crippen LogP contribution in [0.1, 0.15) is 0 Å². The van der Waals surface area contributed by atoms with Gasteiger partial charge in [-0.2, -0.15) is 0 Å². The minimum Gasteiger partial charge on any atom is -0.372 e. The van der Waals surface area contributed by atoms with Crippen molar-refractivity contribution in [3.63, 3.8) is 0 Å². The fourth-order valence-corrected chi connectivity index (χ4v) is 0.421. The van der Waals surface area contributed by atoms with E-state index in [1.54, 1.807) is 7.11 Å². The maximum Gasteiger partial charge on any atom is 0.163 e. The molecule has 0 unspecified atom stereocenters. The lowest BCUT2D eigenvalue weighted by Crippen LogP contribution is -2.58. The number of ether oxygens (including phenoxy) is 2. The Balaban J connectivity index is 0.000000490. The van der Waals surface area contributed by atoms with Crippen molar-refractivity contribution >= 4 is 12.4 Å². The average molecular weight is 140 g/mol. The fraction of sp³-hybridized carbons (Fsp3) is 1.00. The summed E-state index contributed by atoms with van der Waals surface area (Å²) in [5, 5.41) is 0. The third-order valence-corrected chi connectivity index (χ3v) is 1.10. The highest BCUT2D eigenvalue weighted by Gasteiger charge is 2.33. The molecule has 1 heterocycles. The zero-order valence-corrected chi connectivity index (χ0v) is 5.53. The molecule has 0 spiro atoms. The number of methoxy groups -OCH3 is 1. The number of halogens is 1. The molecule has 3 nitrogen and oxygen atoms in total. The van der Waals surface area contributed by atoms with Crippen LogP contribution < -0.4 is 5.73 Å². The summed E-state index contributed by atoms with van der Waals surface area (Å²) in [5.74, 6) is 0. The van der Waals surface area contributed by atoms with Crippen LogP contribution in [0.3, 0.4) is 0 Å². The highest BCUT2D eigenvalue weighted by Crippen LogP contribution is 2.12. The Morgan fingerprint density at radius 1 is 1.62 bits per heavy atom. The summed E-state index contributed by atoms with van der Waals surface area (Å²) >= 11 is 0. The second kappa shape index (κ2) is 2.64. The van der Waals surface area contributed by atoms with E-state index in [1.165, 1.54) is 0 Å². The van der Waals surface area contributed by atoms with Crippen molar-refractivity contribution in [3.05, 3.63) is 0 Å². The van der Waals surface area contributed by atoms with Crippen molar-refractivity contribution in [3.8, 4) is 0 Å². The molecule has 0 bridgehead atoms. The van der Waals surface area contributed by atoms with E-state index in [4.69, 9.17) is 15.2 Å². The van der Waals surface area contributed by atoms with E-state index in [0.29, 0.717) is 13.2 Å². The van der Waals surface area contributed by atoms with E-state index in [1.807, 2.05) is 0 Å². The lowest BCUT2D eigenvalue weighted by Gasteiger charge is -2.35. The van der Waals surface area contributed by atoms with Gasteiger partial charge in [0.25, 0.3) is 0 Å². The van der Waals surface area contributed by atoms with Gasteiger partial charge in [-0.05, 0) is 0 Å². The van der Waals surface area contributed by atoms with Gasteiger partial charge in [0.15, 0.2) is 5.72 Å². The molecule has 4 heteroatoms. The third-order valence-electron chi connectivity index (χ3n) is 1.10. The molecule has 8 heavy (non-hydrogen) atoms. The van der Waals surface area contributed by atoms with Crippen molar-refractivity contribution in [1.82, 2.24) is 0 Å². The molecule has 50 valence electrons. The lowest BCUT2D eigenvalue weighted by atomic mass is 10.2. The van der Waals surface area contributed by atoms with E-state index in [2.05, 4.69) is 0 Å². The van der Waals surface area contributed by atoms with Gasteiger partial charge in [0, 0.05) is 7.11 Å². The van der Waals surface area contributed by atoms with Crippen LogP contribution in [0.4, 0.5) is 0 Å². The van der Waals surface area contributed by atoms with E-state index in [-0.39, 0.29) is 12.4 Å². The van der Waals surface area contributed by atoms with Gasteiger partial charge in [-0.3, -0.25) is 5.73 Å². The minimum atomic E-state index is -0.458. The summed E-state index contributed by atoms with van der Waals surface area (Å²) < 4.78 is 9.61. The first kappa shape index (κ1) is 8.17. The van der Waals surface area contributed by atoms with Crippen LogP contribution in [-0.2, 0) is 9.47 Å². The number of nitrogens with two attached hydrogens (primary N) is 1. The van der Waals surface area contributed by atoms with Crippen LogP contribution in [0.2, 0.25) is 0 Å². The van der Waals surface area contributed by atoms with Crippen molar-refractivity contribution < 1.29 is 9.47 Å². The quantitative estimate of drug-likeness (QED) is 0.509. The van der Waals surface area contributed by atoms with Crippen LogP contribution in [0.25, 0.3) is 0 Å². The zero-order valence-electron chi connectivity index (χ0n) is 4.72. The van der Waals surface area contributed by atoms with Gasteiger partial charge < -0.3 is 9.47 Å². The summed E-state index contributed by atoms with van der Waals surface area (Å²) in [5.41, 5.74) is 5.00. The molecular weight excluding hydrogens is 130 g/mol. The molecule has 2 N–H and O–H groups in total. The summed E-state index contributed by atoms with van der Waals surface area (Å²) in [7, 11) is 1.59. The average Bonchev–Trinajstić information content (AvgIpc) is 1.61. The summed E-state index contributed by atoms with van der Waals surface area (Å²) in [6, 6.07) is 0. The Bertz CT molecular complexity index is 68.9. The second-order valence-corrected chi connectivity index (χ2v) is 1.76. The van der Waals surface area contributed by atoms with Crippen molar-refractivity contribution in [2.24, 2.45) is 5.73 Å². The van der Waals surface area contributed by atoms with Gasteiger partial charge in [0.1, 0.15) is 0 Å². The highest BCUT2D eigenvalue weighted by atomic mass is 35.5. The molecule has 1 aliphatic rings. The molecular formula is C4H10ClNO2.